The van der Waals surface area contributed by atoms with Crippen molar-refractivity contribution in [1.82, 2.24) is 15.2 Å². The monoisotopic (exact) mass is 395 g/mol. The van der Waals surface area contributed by atoms with E-state index in [0.29, 0.717) is 25.2 Å². The van der Waals surface area contributed by atoms with Crippen LogP contribution in [0.15, 0.2) is 47.6 Å². The summed E-state index contributed by atoms with van der Waals surface area (Å²) in [4.78, 5) is 19.3. The predicted octanol–water partition coefficient (Wildman–Crippen LogP) is 2.00. The van der Waals surface area contributed by atoms with Crippen LogP contribution in [0, 0.1) is 6.92 Å². The number of benzene rings is 1. The van der Waals surface area contributed by atoms with Gasteiger partial charge in [0.15, 0.2) is 9.84 Å². The third-order valence-electron chi connectivity index (χ3n) is 4.44. The van der Waals surface area contributed by atoms with Crippen molar-refractivity contribution in [2.45, 2.75) is 17.9 Å². The first-order valence-electron chi connectivity index (χ1n) is 8.10. The lowest BCUT2D eigenvalue weighted by molar-refractivity contribution is 0.0633. The molecule has 1 aliphatic rings. The highest BCUT2D eigenvalue weighted by atomic mass is 35.5. The zero-order chi connectivity index (χ0) is 18.0. The molecule has 0 spiro atoms. The first-order chi connectivity index (χ1) is 11.9. The number of piperazine rings is 1. The largest absolute Gasteiger partial charge is 0.329 e. The molecule has 1 saturated heterocycles. The Hall–Kier alpha value is -1.96. The molecule has 1 aromatic heterocycles. The van der Waals surface area contributed by atoms with Crippen molar-refractivity contribution in [2.75, 3.05) is 25.9 Å². The van der Waals surface area contributed by atoms with Crippen molar-refractivity contribution >= 4 is 28.2 Å². The van der Waals surface area contributed by atoms with Gasteiger partial charge in [-0.2, -0.15) is 0 Å². The maximum Gasteiger partial charge on any atom is 0.254 e. The number of aromatic nitrogens is 1. The number of aryl methyl sites for hydroxylation is 1. The fourth-order valence-corrected chi connectivity index (χ4v) is 3.68. The van der Waals surface area contributed by atoms with Gasteiger partial charge in [-0.05, 0) is 36.2 Å². The molecule has 8 heteroatoms. The summed E-state index contributed by atoms with van der Waals surface area (Å²) in [5.74, 6) is -0.154. The Morgan fingerprint density at radius 3 is 2.73 bits per heavy atom. The normalized spacial score (nSPS) is 17.5. The summed E-state index contributed by atoms with van der Waals surface area (Å²) >= 11 is 0. The standard InChI is InChI=1S/C18H21N3O3S.ClH/c1-13-5-6-15(25(2,23)24)10-16(13)18(22)21-9-8-20-12-17(21)14-4-3-7-19-11-14;/h3-7,10-11,17,20H,8-9,12H2,1-2H3;1H. The molecule has 0 aliphatic carbocycles. The molecule has 1 atom stereocenters. The van der Waals surface area contributed by atoms with Crippen LogP contribution in [-0.4, -0.2) is 50.1 Å². The van der Waals surface area contributed by atoms with Gasteiger partial charge in [0.1, 0.15) is 0 Å². The Balaban J connectivity index is 0.00000243. The summed E-state index contributed by atoms with van der Waals surface area (Å²) in [6.45, 7) is 3.72. The van der Waals surface area contributed by atoms with Crippen LogP contribution in [0.25, 0.3) is 0 Å². The maximum absolute atomic E-state index is 13.2. The minimum Gasteiger partial charge on any atom is -0.329 e. The number of amides is 1. The van der Waals surface area contributed by atoms with Crippen LogP contribution in [0.1, 0.15) is 27.5 Å². The molecular weight excluding hydrogens is 374 g/mol. The molecule has 0 saturated carbocycles. The first kappa shape index (κ1) is 20.4. The lowest BCUT2D eigenvalue weighted by atomic mass is 10.0. The quantitative estimate of drug-likeness (QED) is 0.859. The second kappa shape index (κ2) is 8.16. The highest BCUT2D eigenvalue weighted by Gasteiger charge is 2.30. The molecule has 0 bridgehead atoms. The van der Waals surface area contributed by atoms with Gasteiger partial charge in [-0.3, -0.25) is 9.78 Å². The summed E-state index contributed by atoms with van der Waals surface area (Å²) in [7, 11) is -3.37. The van der Waals surface area contributed by atoms with E-state index in [-0.39, 0.29) is 29.3 Å². The third kappa shape index (κ3) is 4.23. The minimum absolute atomic E-state index is 0. The third-order valence-corrected chi connectivity index (χ3v) is 5.55. The number of hydrogen-bond donors (Lipinski definition) is 1. The second-order valence-corrected chi connectivity index (χ2v) is 8.27. The number of halogens is 1. The number of nitrogens with one attached hydrogen (secondary N) is 1. The smallest absolute Gasteiger partial charge is 0.254 e. The molecule has 2 heterocycles. The van der Waals surface area contributed by atoms with Crippen LogP contribution in [0.3, 0.4) is 0 Å². The van der Waals surface area contributed by atoms with Crippen molar-refractivity contribution in [2.24, 2.45) is 0 Å². The number of carbonyl (C=O) groups excluding carboxylic acids is 1. The van der Waals surface area contributed by atoms with Crippen LogP contribution >= 0.6 is 12.4 Å². The Morgan fingerprint density at radius 2 is 2.08 bits per heavy atom. The van der Waals surface area contributed by atoms with E-state index in [4.69, 9.17) is 0 Å². The highest BCUT2D eigenvalue weighted by molar-refractivity contribution is 7.90. The minimum atomic E-state index is -3.37. The average Bonchev–Trinajstić information content (AvgIpc) is 2.61. The van der Waals surface area contributed by atoms with Crippen LogP contribution < -0.4 is 5.32 Å². The molecule has 1 aliphatic heterocycles. The number of hydrogen-bond acceptors (Lipinski definition) is 5. The van der Waals surface area contributed by atoms with E-state index in [9.17, 15) is 13.2 Å². The Labute approximate surface area is 160 Å². The molecule has 1 aromatic carbocycles. The van der Waals surface area contributed by atoms with E-state index in [1.165, 1.54) is 12.1 Å². The molecule has 0 radical (unpaired) electrons. The average molecular weight is 396 g/mol. The summed E-state index contributed by atoms with van der Waals surface area (Å²) < 4.78 is 23.7. The summed E-state index contributed by atoms with van der Waals surface area (Å²) in [5.41, 5.74) is 2.15. The molecule has 1 N–H and O–H groups in total. The van der Waals surface area contributed by atoms with E-state index in [2.05, 4.69) is 10.3 Å². The van der Waals surface area contributed by atoms with Crippen LogP contribution in [0.2, 0.25) is 0 Å². The summed E-state index contributed by atoms with van der Waals surface area (Å²) in [5, 5.41) is 3.30. The molecular formula is C18H22ClN3O3S. The van der Waals surface area contributed by atoms with Crippen LogP contribution in [0.5, 0.6) is 0 Å². The fourth-order valence-electron chi connectivity index (χ4n) is 3.04. The number of carbonyl (C=O) groups is 1. The van der Waals surface area contributed by atoms with Crippen LogP contribution in [-0.2, 0) is 9.84 Å². The fraction of sp³-hybridized carbons (Fsp3) is 0.333. The van der Waals surface area contributed by atoms with Crippen molar-refractivity contribution in [3.63, 3.8) is 0 Å². The number of rotatable bonds is 3. The van der Waals surface area contributed by atoms with Crippen molar-refractivity contribution in [1.29, 1.82) is 0 Å². The zero-order valence-corrected chi connectivity index (χ0v) is 16.3. The van der Waals surface area contributed by atoms with Crippen molar-refractivity contribution < 1.29 is 13.2 Å². The molecule has 1 amide bonds. The Morgan fingerprint density at radius 1 is 1.31 bits per heavy atom. The van der Waals surface area contributed by atoms with Gasteiger partial charge in [0.25, 0.3) is 5.91 Å². The molecule has 1 unspecified atom stereocenters. The van der Waals surface area contributed by atoms with Gasteiger partial charge in [0.05, 0.1) is 10.9 Å². The molecule has 2 aromatic rings. The number of pyridine rings is 1. The number of nitrogens with zero attached hydrogens (tertiary/aromatic N) is 2. The van der Waals surface area contributed by atoms with E-state index < -0.39 is 9.84 Å². The lowest BCUT2D eigenvalue weighted by Gasteiger charge is -2.36. The SMILES string of the molecule is Cc1ccc(S(C)(=O)=O)cc1C(=O)N1CCNCC1c1cccnc1.Cl. The summed E-state index contributed by atoms with van der Waals surface area (Å²) in [6.07, 6.45) is 4.61. The lowest BCUT2D eigenvalue weighted by Crippen LogP contribution is -2.48. The van der Waals surface area contributed by atoms with Gasteiger partial charge in [-0.15, -0.1) is 12.4 Å². The topological polar surface area (TPSA) is 79.4 Å². The molecule has 26 heavy (non-hydrogen) atoms. The molecule has 1 fully saturated rings. The predicted molar refractivity (Wildman–Crippen MR) is 102 cm³/mol. The Kier molecular flexibility index (Phi) is 6.39. The van der Waals surface area contributed by atoms with Gasteiger partial charge in [0, 0.05) is 43.8 Å². The zero-order valence-electron chi connectivity index (χ0n) is 14.7. The first-order valence-corrected chi connectivity index (χ1v) is 9.99. The molecule has 6 nitrogen and oxygen atoms in total. The van der Waals surface area contributed by atoms with E-state index in [1.54, 1.807) is 23.4 Å². The van der Waals surface area contributed by atoms with Crippen molar-refractivity contribution in [3.05, 3.63) is 59.4 Å². The van der Waals surface area contributed by atoms with Gasteiger partial charge < -0.3 is 10.2 Å². The van der Waals surface area contributed by atoms with Gasteiger partial charge >= 0.3 is 0 Å². The second-order valence-electron chi connectivity index (χ2n) is 6.25. The van der Waals surface area contributed by atoms with Gasteiger partial charge in [0.2, 0.25) is 0 Å². The van der Waals surface area contributed by atoms with Crippen molar-refractivity contribution in [3.8, 4) is 0 Å². The maximum atomic E-state index is 13.2. The van der Waals surface area contributed by atoms with E-state index >= 15 is 0 Å². The highest BCUT2D eigenvalue weighted by Crippen LogP contribution is 2.25. The van der Waals surface area contributed by atoms with Crippen LogP contribution in [0.4, 0.5) is 0 Å². The molecule has 140 valence electrons. The van der Waals surface area contributed by atoms with E-state index in [0.717, 1.165) is 17.4 Å². The number of sulfone groups is 1. The van der Waals surface area contributed by atoms with E-state index in [1.807, 2.05) is 19.1 Å². The molecule has 3 rings (SSSR count). The van der Waals surface area contributed by atoms with Gasteiger partial charge in [-0.1, -0.05) is 12.1 Å². The summed E-state index contributed by atoms with van der Waals surface area (Å²) in [6, 6.07) is 8.38. The Bertz CT molecular complexity index is 888. The van der Waals surface area contributed by atoms with Gasteiger partial charge in [-0.25, -0.2) is 8.42 Å².